The van der Waals surface area contributed by atoms with E-state index in [2.05, 4.69) is 0 Å². The van der Waals surface area contributed by atoms with E-state index in [0.717, 1.165) is 6.42 Å². The van der Waals surface area contributed by atoms with E-state index in [-0.39, 0.29) is 17.8 Å². The Labute approximate surface area is 117 Å². The van der Waals surface area contributed by atoms with Gasteiger partial charge in [-0.05, 0) is 38.0 Å². The average Bonchev–Trinajstić information content (AvgIpc) is 2.36. The molecule has 1 aromatic carbocycles. The summed E-state index contributed by atoms with van der Waals surface area (Å²) in [5.41, 5.74) is 0.519. The Bertz CT molecular complexity index is 481. The van der Waals surface area contributed by atoms with Crippen LogP contribution in [-0.2, 0) is 11.3 Å². The van der Waals surface area contributed by atoms with E-state index in [1.807, 2.05) is 11.8 Å². The SMILES string of the molecule is CC1CCC(C(=O)O)CN1Cc1cc(Cl)ccc1F. The Morgan fingerprint density at radius 3 is 2.95 bits per heavy atom. The Balaban J connectivity index is 2.12. The van der Waals surface area contributed by atoms with E-state index in [0.29, 0.717) is 30.1 Å². The molecule has 3 nitrogen and oxygen atoms in total. The molecule has 104 valence electrons. The van der Waals surface area contributed by atoms with Gasteiger partial charge >= 0.3 is 5.97 Å². The van der Waals surface area contributed by atoms with Crippen LogP contribution in [0.1, 0.15) is 25.3 Å². The summed E-state index contributed by atoms with van der Waals surface area (Å²) in [7, 11) is 0. The molecule has 1 heterocycles. The maximum Gasteiger partial charge on any atom is 0.307 e. The van der Waals surface area contributed by atoms with Gasteiger partial charge in [0.15, 0.2) is 0 Å². The van der Waals surface area contributed by atoms with Crippen molar-refractivity contribution in [1.29, 1.82) is 0 Å². The predicted molar refractivity (Wildman–Crippen MR) is 71.6 cm³/mol. The highest BCUT2D eigenvalue weighted by Crippen LogP contribution is 2.25. The van der Waals surface area contributed by atoms with Gasteiger partial charge in [-0.15, -0.1) is 0 Å². The molecule has 0 saturated carbocycles. The number of hydrogen-bond donors (Lipinski definition) is 1. The summed E-state index contributed by atoms with van der Waals surface area (Å²) in [6.45, 7) is 2.90. The number of carboxylic acids is 1. The van der Waals surface area contributed by atoms with E-state index in [4.69, 9.17) is 16.7 Å². The maximum atomic E-state index is 13.7. The molecule has 0 radical (unpaired) electrons. The highest BCUT2D eigenvalue weighted by molar-refractivity contribution is 6.30. The Morgan fingerprint density at radius 2 is 2.26 bits per heavy atom. The maximum absolute atomic E-state index is 13.7. The summed E-state index contributed by atoms with van der Waals surface area (Å²) in [5.74, 6) is -1.43. The lowest BCUT2D eigenvalue weighted by atomic mass is 9.93. The van der Waals surface area contributed by atoms with Crippen LogP contribution in [0.3, 0.4) is 0 Å². The van der Waals surface area contributed by atoms with Crippen LogP contribution in [-0.4, -0.2) is 28.6 Å². The molecule has 0 spiro atoms. The van der Waals surface area contributed by atoms with E-state index in [9.17, 15) is 9.18 Å². The number of hydrogen-bond acceptors (Lipinski definition) is 2. The lowest BCUT2D eigenvalue weighted by molar-refractivity contribution is -0.144. The minimum absolute atomic E-state index is 0.258. The highest BCUT2D eigenvalue weighted by Gasteiger charge is 2.29. The molecule has 0 aliphatic carbocycles. The molecule has 2 unspecified atom stereocenters. The fraction of sp³-hybridized carbons (Fsp3) is 0.500. The Hall–Kier alpha value is -1.13. The molecular weight excluding hydrogens is 269 g/mol. The third-order valence-electron chi connectivity index (χ3n) is 3.74. The van der Waals surface area contributed by atoms with Crippen LogP contribution in [0.5, 0.6) is 0 Å². The molecule has 1 aliphatic rings. The fourth-order valence-corrected chi connectivity index (χ4v) is 2.68. The molecule has 0 amide bonds. The molecule has 0 aromatic heterocycles. The van der Waals surface area contributed by atoms with Gasteiger partial charge in [-0.2, -0.15) is 0 Å². The van der Waals surface area contributed by atoms with Gasteiger partial charge in [0.05, 0.1) is 5.92 Å². The van der Waals surface area contributed by atoms with Crippen molar-refractivity contribution in [3.8, 4) is 0 Å². The van der Waals surface area contributed by atoms with E-state index >= 15 is 0 Å². The van der Waals surface area contributed by atoms with Crippen LogP contribution in [0, 0.1) is 11.7 Å². The number of rotatable bonds is 3. The second-order valence-corrected chi connectivity index (χ2v) is 5.56. The Morgan fingerprint density at radius 1 is 1.53 bits per heavy atom. The van der Waals surface area contributed by atoms with Gasteiger partial charge < -0.3 is 5.11 Å². The lowest BCUT2D eigenvalue weighted by Gasteiger charge is -2.36. The normalized spacial score (nSPS) is 24.4. The van der Waals surface area contributed by atoms with Crippen LogP contribution in [0.25, 0.3) is 0 Å². The summed E-state index contributed by atoms with van der Waals surface area (Å²) >= 11 is 5.87. The van der Waals surface area contributed by atoms with Gasteiger partial charge in [-0.25, -0.2) is 4.39 Å². The van der Waals surface area contributed by atoms with Crippen LogP contribution in [0.4, 0.5) is 4.39 Å². The van der Waals surface area contributed by atoms with Gasteiger partial charge in [0, 0.05) is 29.7 Å². The zero-order valence-corrected chi connectivity index (χ0v) is 11.5. The first kappa shape index (κ1) is 14.3. The largest absolute Gasteiger partial charge is 0.481 e. The van der Waals surface area contributed by atoms with E-state index in [1.54, 1.807) is 6.07 Å². The molecule has 0 bridgehead atoms. The predicted octanol–water partition coefficient (Wildman–Crippen LogP) is 3.16. The summed E-state index contributed by atoms with van der Waals surface area (Å²) in [6.07, 6.45) is 1.50. The summed E-state index contributed by atoms with van der Waals surface area (Å²) in [4.78, 5) is 13.1. The first-order valence-corrected chi connectivity index (χ1v) is 6.76. The minimum Gasteiger partial charge on any atom is -0.481 e. The lowest BCUT2D eigenvalue weighted by Crippen LogP contribution is -2.43. The smallest absolute Gasteiger partial charge is 0.307 e. The number of carbonyl (C=O) groups is 1. The molecule has 1 saturated heterocycles. The van der Waals surface area contributed by atoms with Gasteiger partial charge in [0.1, 0.15) is 5.82 Å². The molecule has 2 rings (SSSR count). The molecule has 1 aliphatic heterocycles. The molecule has 5 heteroatoms. The molecule has 1 N–H and O–H groups in total. The minimum atomic E-state index is -0.775. The van der Waals surface area contributed by atoms with Crippen molar-refractivity contribution < 1.29 is 14.3 Å². The van der Waals surface area contributed by atoms with Crippen molar-refractivity contribution in [3.05, 3.63) is 34.6 Å². The first-order valence-electron chi connectivity index (χ1n) is 6.38. The van der Waals surface area contributed by atoms with E-state index < -0.39 is 5.97 Å². The third-order valence-corrected chi connectivity index (χ3v) is 3.98. The van der Waals surface area contributed by atoms with Gasteiger partial charge in [-0.3, -0.25) is 9.69 Å². The van der Waals surface area contributed by atoms with Crippen molar-refractivity contribution in [2.75, 3.05) is 6.54 Å². The van der Waals surface area contributed by atoms with Crippen molar-refractivity contribution in [1.82, 2.24) is 4.90 Å². The number of nitrogens with zero attached hydrogens (tertiary/aromatic N) is 1. The molecule has 1 aromatic rings. The van der Waals surface area contributed by atoms with Crippen LogP contribution in [0.2, 0.25) is 5.02 Å². The van der Waals surface area contributed by atoms with Gasteiger partial charge in [0.25, 0.3) is 0 Å². The summed E-state index contributed by atoms with van der Waals surface area (Å²) < 4.78 is 13.7. The molecule has 2 atom stereocenters. The van der Waals surface area contributed by atoms with Crippen LogP contribution >= 0.6 is 11.6 Å². The number of likely N-dealkylation sites (tertiary alicyclic amines) is 1. The molecular formula is C14H17ClFNO2. The third kappa shape index (κ3) is 3.45. The van der Waals surface area contributed by atoms with Crippen molar-refractivity contribution in [2.24, 2.45) is 5.92 Å². The summed E-state index contributed by atoms with van der Waals surface area (Å²) in [5, 5.41) is 9.58. The topological polar surface area (TPSA) is 40.5 Å². The number of piperidine rings is 1. The molecule has 19 heavy (non-hydrogen) atoms. The number of halogens is 2. The van der Waals surface area contributed by atoms with Crippen molar-refractivity contribution in [2.45, 2.75) is 32.4 Å². The zero-order chi connectivity index (χ0) is 14.0. The second-order valence-electron chi connectivity index (χ2n) is 5.13. The highest BCUT2D eigenvalue weighted by atomic mass is 35.5. The van der Waals surface area contributed by atoms with Crippen LogP contribution < -0.4 is 0 Å². The standard InChI is InChI=1S/C14H17ClFNO2/c1-9-2-3-10(14(18)19)7-17(9)8-11-6-12(15)4-5-13(11)16/h4-6,9-10H,2-3,7-8H2,1H3,(H,18,19). The first-order chi connectivity index (χ1) is 8.97. The van der Waals surface area contributed by atoms with Crippen LogP contribution in [0.15, 0.2) is 18.2 Å². The van der Waals surface area contributed by atoms with Gasteiger partial charge in [0.2, 0.25) is 0 Å². The number of aliphatic carboxylic acids is 1. The fourth-order valence-electron chi connectivity index (χ4n) is 2.48. The average molecular weight is 286 g/mol. The second kappa shape index (κ2) is 5.88. The molecule has 1 fully saturated rings. The van der Waals surface area contributed by atoms with E-state index in [1.165, 1.54) is 12.1 Å². The number of benzene rings is 1. The van der Waals surface area contributed by atoms with Crippen molar-refractivity contribution >= 4 is 17.6 Å². The summed E-state index contributed by atoms with van der Waals surface area (Å²) in [6, 6.07) is 4.73. The monoisotopic (exact) mass is 285 g/mol. The number of carboxylic acid groups (broad SMARTS) is 1. The van der Waals surface area contributed by atoms with Gasteiger partial charge in [-0.1, -0.05) is 11.6 Å². The quantitative estimate of drug-likeness (QED) is 0.927. The Kier molecular flexibility index (Phi) is 4.42. The van der Waals surface area contributed by atoms with Crippen molar-refractivity contribution in [3.63, 3.8) is 0 Å². The zero-order valence-electron chi connectivity index (χ0n) is 10.8.